The Bertz CT molecular complexity index is 342. The highest BCUT2D eigenvalue weighted by molar-refractivity contribution is 5.24. The zero-order valence-corrected chi connectivity index (χ0v) is 8.79. The average molecular weight is 185 g/mol. The largest absolute Gasteiger partial charge is 0.326 e. The maximum atomic E-state index is 13.0. The molecule has 0 fully saturated rings. The van der Waals surface area contributed by atoms with E-state index in [-0.39, 0.29) is 11.1 Å². The van der Waals surface area contributed by atoms with Crippen molar-refractivity contribution in [3.05, 3.63) is 33.0 Å². The van der Waals surface area contributed by atoms with Crippen LogP contribution < -0.4 is 5.56 Å². The molecule has 3 heteroatoms. The van der Waals surface area contributed by atoms with E-state index in [0.717, 1.165) is 0 Å². The quantitative estimate of drug-likeness (QED) is 0.661. The van der Waals surface area contributed by atoms with Crippen molar-refractivity contribution in [3.63, 3.8) is 0 Å². The van der Waals surface area contributed by atoms with Gasteiger partial charge in [0.2, 0.25) is 0 Å². The Labute approximate surface area is 77.8 Å². The predicted molar refractivity (Wildman–Crippen MR) is 52.6 cm³/mol. The summed E-state index contributed by atoms with van der Waals surface area (Å²) in [5, 5.41) is 0. The number of H-pyrrole nitrogens is 1. The molecule has 0 spiro atoms. The first kappa shape index (κ1) is 11.9. The van der Waals surface area contributed by atoms with Crippen molar-refractivity contribution in [2.75, 3.05) is 0 Å². The van der Waals surface area contributed by atoms with E-state index in [1.54, 1.807) is 13.8 Å². The first-order valence-corrected chi connectivity index (χ1v) is 4.39. The molecule has 13 heavy (non-hydrogen) atoms. The molecule has 1 aromatic heterocycles. The van der Waals surface area contributed by atoms with Crippen molar-refractivity contribution in [1.82, 2.24) is 4.98 Å². The maximum Gasteiger partial charge on any atom is 0.254 e. The minimum Gasteiger partial charge on any atom is -0.326 e. The lowest BCUT2D eigenvalue weighted by molar-refractivity contribution is 0.600. The molecule has 1 heterocycles. The van der Waals surface area contributed by atoms with E-state index < -0.39 is 5.82 Å². The van der Waals surface area contributed by atoms with E-state index in [1.807, 2.05) is 13.8 Å². The monoisotopic (exact) mass is 185 g/mol. The molecule has 1 rings (SSSR count). The van der Waals surface area contributed by atoms with Gasteiger partial charge >= 0.3 is 0 Å². The summed E-state index contributed by atoms with van der Waals surface area (Å²) in [6.07, 6.45) is 0. The van der Waals surface area contributed by atoms with Gasteiger partial charge < -0.3 is 4.98 Å². The summed E-state index contributed by atoms with van der Waals surface area (Å²) in [5.41, 5.74) is 0.930. The number of aromatic nitrogens is 1. The standard InChI is InChI=1S/C8H10FNO.C2H6/c1-4-6(3)10-8(11)5(2)7(4)9;1-2/h1-3H3,(H,10,11);1-2H3. The molecule has 1 N–H and O–H groups in total. The highest BCUT2D eigenvalue weighted by atomic mass is 19.1. The van der Waals surface area contributed by atoms with Crippen molar-refractivity contribution in [2.24, 2.45) is 0 Å². The Kier molecular flexibility index (Phi) is 4.38. The van der Waals surface area contributed by atoms with Crippen LogP contribution in [0.5, 0.6) is 0 Å². The lowest BCUT2D eigenvalue weighted by Crippen LogP contribution is -2.14. The third-order valence-electron chi connectivity index (χ3n) is 1.86. The fraction of sp³-hybridized carbons (Fsp3) is 0.500. The van der Waals surface area contributed by atoms with Crippen molar-refractivity contribution < 1.29 is 4.39 Å². The van der Waals surface area contributed by atoms with Crippen LogP contribution >= 0.6 is 0 Å². The molecule has 0 aliphatic heterocycles. The molecule has 2 nitrogen and oxygen atoms in total. The molecule has 0 unspecified atom stereocenters. The van der Waals surface area contributed by atoms with Gasteiger partial charge in [-0.1, -0.05) is 13.8 Å². The van der Waals surface area contributed by atoms with Crippen molar-refractivity contribution in [2.45, 2.75) is 34.6 Å². The number of rotatable bonds is 0. The van der Waals surface area contributed by atoms with Gasteiger partial charge in [0.25, 0.3) is 5.56 Å². The third kappa shape index (κ3) is 2.41. The van der Waals surface area contributed by atoms with Gasteiger partial charge in [-0.3, -0.25) is 4.79 Å². The lowest BCUT2D eigenvalue weighted by Gasteiger charge is -2.02. The van der Waals surface area contributed by atoms with E-state index in [0.29, 0.717) is 11.3 Å². The number of aromatic amines is 1. The third-order valence-corrected chi connectivity index (χ3v) is 1.86. The number of pyridine rings is 1. The smallest absolute Gasteiger partial charge is 0.254 e. The number of hydrogen-bond donors (Lipinski definition) is 1. The number of hydrogen-bond acceptors (Lipinski definition) is 1. The molecule has 0 atom stereocenters. The molecule has 1 aromatic rings. The number of nitrogens with one attached hydrogen (secondary N) is 1. The molecular formula is C10H16FNO. The second-order valence-electron chi connectivity index (χ2n) is 2.64. The van der Waals surface area contributed by atoms with E-state index in [2.05, 4.69) is 4.98 Å². The average Bonchev–Trinajstić information content (AvgIpc) is 2.15. The Morgan fingerprint density at radius 2 is 1.54 bits per heavy atom. The van der Waals surface area contributed by atoms with Crippen LogP contribution in [-0.4, -0.2) is 4.98 Å². The van der Waals surface area contributed by atoms with Gasteiger partial charge in [0.15, 0.2) is 0 Å². The summed E-state index contributed by atoms with van der Waals surface area (Å²) >= 11 is 0. The van der Waals surface area contributed by atoms with Crippen LogP contribution in [0.4, 0.5) is 4.39 Å². The van der Waals surface area contributed by atoms with Crippen LogP contribution in [-0.2, 0) is 0 Å². The Morgan fingerprint density at radius 1 is 1.08 bits per heavy atom. The second-order valence-corrected chi connectivity index (χ2v) is 2.64. The highest BCUT2D eigenvalue weighted by Crippen LogP contribution is 2.08. The van der Waals surface area contributed by atoms with Crippen LogP contribution in [0.1, 0.15) is 30.7 Å². The van der Waals surface area contributed by atoms with Gasteiger partial charge in [-0.2, -0.15) is 0 Å². The summed E-state index contributed by atoms with van der Waals surface area (Å²) in [6, 6.07) is 0. The second kappa shape index (κ2) is 4.80. The van der Waals surface area contributed by atoms with Gasteiger partial charge in [0.05, 0.1) is 5.56 Å². The zero-order valence-electron chi connectivity index (χ0n) is 8.79. The predicted octanol–water partition coefficient (Wildman–Crippen LogP) is 2.47. The molecule has 0 saturated heterocycles. The van der Waals surface area contributed by atoms with Gasteiger partial charge in [0, 0.05) is 11.3 Å². The first-order valence-electron chi connectivity index (χ1n) is 4.39. The molecule has 0 aromatic carbocycles. The molecular weight excluding hydrogens is 169 g/mol. The normalized spacial score (nSPS) is 9.08. The Balaban J connectivity index is 0.000000671. The SMILES string of the molecule is CC.Cc1[nH]c(=O)c(C)c(F)c1C. The zero-order chi connectivity index (χ0) is 10.6. The maximum absolute atomic E-state index is 13.0. The van der Waals surface area contributed by atoms with Crippen LogP contribution in [0.3, 0.4) is 0 Å². The van der Waals surface area contributed by atoms with Gasteiger partial charge in [-0.25, -0.2) is 4.39 Å². The van der Waals surface area contributed by atoms with Gasteiger partial charge in [0.1, 0.15) is 5.82 Å². The Morgan fingerprint density at radius 3 is 2.00 bits per heavy atom. The van der Waals surface area contributed by atoms with Crippen molar-refractivity contribution in [1.29, 1.82) is 0 Å². The molecule has 0 amide bonds. The van der Waals surface area contributed by atoms with Gasteiger partial charge in [-0.05, 0) is 20.8 Å². The van der Waals surface area contributed by atoms with E-state index in [9.17, 15) is 9.18 Å². The van der Waals surface area contributed by atoms with Crippen LogP contribution in [0.2, 0.25) is 0 Å². The summed E-state index contributed by atoms with van der Waals surface area (Å²) in [5.74, 6) is -0.397. The minimum absolute atomic E-state index is 0.160. The first-order chi connectivity index (χ1) is 6.04. The summed E-state index contributed by atoms with van der Waals surface area (Å²) in [7, 11) is 0. The summed E-state index contributed by atoms with van der Waals surface area (Å²) in [4.78, 5) is 13.5. The van der Waals surface area contributed by atoms with Gasteiger partial charge in [-0.15, -0.1) is 0 Å². The fourth-order valence-electron chi connectivity index (χ4n) is 0.903. The molecule has 0 saturated carbocycles. The lowest BCUT2D eigenvalue weighted by atomic mass is 10.1. The molecule has 74 valence electrons. The molecule has 0 bridgehead atoms. The molecule has 0 aliphatic rings. The van der Waals surface area contributed by atoms with E-state index in [4.69, 9.17) is 0 Å². The van der Waals surface area contributed by atoms with Crippen molar-refractivity contribution in [3.8, 4) is 0 Å². The van der Waals surface area contributed by atoms with Crippen LogP contribution in [0.25, 0.3) is 0 Å². The highest BCUT2D eigenvalue weighted by Gasteiger charge is 2.07. The van der Waals surface area contributed by atoms with E-state index >= 15 is 0 Å². The fourth-order valence-corrected chi connectivity index (χ4v) is 0.903. The number of aryl methyl sites for hydroxylation is 1. The van der Waals surface area contributed by atoms with E-state index in [1.165, 1.54) is 6.92 Å². The molecule has 0 aliphatic carbocycles. The number of halogens is 1. The van der Waals surface area contributed by atoms with Crippen LogP contribution in [0, 0.1) is 26.6 Å². The van der Waals surface area contributed by atoms with Crippen LogP contribution in [0.15, 0.2) is 4.79 Å². The Hall–Kier alpha value is -1.12. The minimum atomic E-state index is -0.397. The molecule has 0 radical (unpaired) electrons. The van der Waals surface area contributed by atoms with Crippen molar-refractivity contribution >= 4 is 0 Å². The summed E-state index contributed by atoms with van der Waals surface area (Å²) in [6.45, 7) is 8.80. The summed E-state index contributed by atoms with van der Waals surface area (Å²) < 4.78 is 13.0. The topological polar surface area (TPSA) is 32.9 Å².